The minimum atomic E-state index is -3.59. The Bertz CT molecular complexity index is 963. The van der Waals surface area contributed by atoms with Crippen LogP contribution in [0.5, 0.6) is 5.75 Å². The molecule has 3 aromatic rings. The number of methoxy groups -OCH3 is 1. The van der Waals surface area contributed by atoms with Gasteiger partial charge in [-0.25, -0.2) is 13.4 Å². The van der Waals surface area contributed by atoms with Crippen LogP contribution in [0.2, 0.25) is 0 Å². The number of sulfone groups is 1. The Hall–Kier alpha value is -2.38. The van der Waals surface area contributed by atoms with Crippen molar-refractivity contribution in [2.45, 2.75) is 24.3 Å². The zero-order chi connectivity index (χ0) is 18.6. The number of fused-ring (bicyclic) bond motifs is 1. The van der Waals surface area contributed by atoms with Crippen molar-refractivity contribution < 1.29 is 17.9 Å². The van der Waals surface area contributed by atoms with Crippen LogP contribution in [-0.4, -0.2) is 38.7 Å². The number of para-hydroxylation sites is 2. The van der Waals surface area contributed by atoms with Gasteiger partial charge in [0.25, 0.3) is 0 Å². The van der Waals surface area contributed by atoms with Crippen LogP contribution >= 0.6 is 0 Å². The van der Waals surface area contributed by atoms with Gasteiger partial charge in [0, 0.05) is 20.1 Å². The lowest BCUT2D eigenvalue weighted by molar-refractivity contribution is 0.172. The molecule has 1 aromatic heterocycles. The Labute approximate surface area is 153 Å². The van der Waals surface area contributed by atoms with Crippen molar-refractivity contribution in [3.05, 3.63) is 53.6 Å². The molecule has 0 aliphatic heterocycles. The molecule has 138 valence electrons. The standard InChI is InChI=1S/C19H22N2O4S/c1-14-15(7-5-10-18(14)25-12-6-11-24-2)13-26(22,23)19-20-16-8-3-4-9-17(16)21-19/h3-5,7-10H,6,11-13H2,1-2H3,(H,20,21). The number of aromatic nitrogens is 2. The fourth-order valence-corrected chi connectivity index (χ4v) is 4.07. The molecular formula is C19H22N2O4S. The first kappa shape index (κ1) is 18.4. The highest BCUT2D eigenvalue weighted by Gasteiger charge is 2.21. The highest BCUT2D eigenvalue weighted by Crippen LogP contribution is 2.25. The maximum absolute atomic E-state index is 12.8. The minimum Gasteiger partial charge on any atom is -0.493 e. The summed E-state index contributed by atoms with van der Waals surface area (Å²) >= 11 is 0. The van der Waals surface area contributed by atoms with Crippen LogP contribution in [0.1, 0.15) is 17.5 Å². The largest absolute Gasteiger partial charge is 0.493 e. The summed E-state index contributed by atoms with van der Waals surface area (Å²) in [5, 5.41) is -0.00971. The molecule has 0 aliphatic rings. The number of nitrogens with zero attached hydrogens (tertiary/aromatic N) is 1. The molecule has 2 aromatic carbocycles. The molecule has 0 amide bonds. The van der Waals surface area contributed by atoms with Crippen LogP contribution in [0, 0.1) is 6.92 Å². The van der Waals surface area contributed by atoms with Crippen LogP contribution in [0.15, 0.2) is 47.6 Å². The molecule has 0 spiro atoms. The molecule has 7 heteroatoms. The van der Waals surface area contributed by atoms with E-state index in [4.69, 9.17) is 9.47 Å². The first-order chi connectivity index (χ1) is 12.5. The summed E-state index contributed by atoms with van der Waals surface area (Å²) in [6, 6.07) is 12.7. The number of hydrogen-bond donors (Lipinski definition) is 1. The maximum atomic E-state index is 12.8. The molecule has 26 heavy (non-hydrogen) atoms. The second-order valence-corrected chi connectivity index (χ2v) is 7.96. The molecule has 0 unspecified atom stereocenters. The highest BCUT2D eigenvalue weighted by molar-refractivity contribution is 7.90. The van der Waals surface area contributed by atoms with Gasteiger partial charge in [-0.05, 0) is 36.2 Å². The SMILES string of the molecule is COCCCOc1cccc(CS(=O)(=O)c2nc3ccccc3[nH]2)c1C. The number of H-pyrrole nitrogens is 1. The monoisotopic (exact) mass is 374 g/mol. The predicted octanol–water partition coefficient (Wildman–Crippen LogP) is 3.26. The molecule has 0 bridgehead atoms. The fraction of sp³-hybridized carbons (Fsp3) is 0.316. The lowest BCUT2D eigenvalue weighted by Gasteiger charge is -2.12. The number of ether oxygens (including phenoxy) is 2. The molecule has 1 N–H and O–H groups in total. The van der Waals surface area contributed by atoms with E-state index in [1.54, 1.807) is 25.3 Å². The predicted molar refractivity (Wildman–Crippen MR) is 100 cm³/mol. The Morgan fingerprint density at radius 2 is 1.88 bits per heavy atom. The molecule has 0 radical (unpaired) electrons. The van der Waals surface area contributed by atoms with Crippen molar-refractivity contribution in [1.29, 1.82) is 0 Å². The van der Waals surface area contributed by atoms with E-state index < -0.39 is 9.84 Å². The number of hydrogen-bond acceptors (Lipinski definition) is 5. The number of nitrogens with one attached hydrogen (secondary N) is 1. The van der Waals surface area contributed by atoms with Crippen molar-refractivity contribution in [3.8, 4) is 5.75 Å². The van der Waals surface area contributed by atoms with Crippen molar-refractivity contribution in [2.24, 2.45) is 0 Å². The van der Waals surface area contributed by atoms with Gasteiger partial charge < -0.3 is 14.5 Å². The zero-order valence-corrected chi connectivity index (χ0v) is 15.7. The number of imidazole rings is 1. The van der Waals surface area contributed by atoms with Crippen LogP contribution in [0.3, 0.4) is 0 Å². The van der Waals surface area contributed by atoms with Crippen molar-refractivity contribution in [1.82, 2.24) is 9.97 Å². The maximum Gasteiger partial charge on any atom is 0.226 e. The van der Waals surface area contributed by atoms with Crippen molar-refractivity contribution in [2.75, 3.05) is 20.3 Å². The van der Waals surface area contributed by atoms with Gasteiger partial charge in [0.15, 0.2) is 0 Å². The Morgan fingerprint density at radius 1 is 1.08 bits per heavy atom. The molecule has 0 aliphatic carbocycles. The lowest BCUT2D eigenvalue weighted by atomic mass is 10.1. The smallest absolute Gasteiger partial charge is 0.226 e. The normalized spacial score (nSPS) is 11.8. The van der Waals surface area contributed by atoms with Gasteiger partial charge in [-0.15, -0.1) is 0 Å². The Morgan fingerprint density at radius 3 is 2.65 bits per heavy atom. The van der Waals surface area contributed by atoms with Crippen LogP contribution < -0.4 is 4.74 Å². The van der Waals surface area contributed by atoms with E-state index >= 15 is 0 Å². The van der Waals surface area contributed by atoms with E-state index in [1.807, 2.05) is 31.2 Å². The van der Waals surface area contributed by atoms with Gasteiger partial charge in [0.1, 0.15) is 5.75 Å². The summed E-state index contributed by atoms with van der Waals surface area (Å²) in [7, 11) is -1.94. The van der Waals surface area contributed by atoms with Crippen LogP contribution in [-0.2, 0) is 20.3 Å². The zero-order valence-electron chi connectivity index (χ0n) is 14.9. The first-order valence-electron chi connectivity index (χ1n) is 8.39. The van der Waals surface area contributed by atoms with E-state index in [0.29, 0.717) is 35.6 Å². The molecule has 1 heterocycles. The third-order valence-electron chi connectivity index (χ3n) is 4.15. The lowest BCUT2D eigenvalue weighted by Crippen LogP contribution is -2.09. The van der Waals surface area contributed by atoms with E-state index in [-0.39, 0.29) is 10.9 Å². The number of aromatic amines is 1. The van der Waals surface area contributed by atoms with E-state index in [1.165, 1.54) is 0 Å². The summed E-state index contributed by atoms with van der Waals surface area (Å²) in [5.41, 5.74) is 2.87. The van der Waals surface area contributed by atoms with Crippen LogP contribution in [0.25, 0.3) is 11.0 Å². The molecule has 0 fully saturated rings. The minimum absolute atomic E-state index is 0.00971. The molecule has 3 rings (SSSR count). The summed E-state index contributed by atoms with van der Waals surface area (Å²) in [6.45, 7) is 3.02. The Kier molecular flexibility index (Phi) is 5.58. The second-order valence-electron chi connectivity index (χ2n) is 6.05. The first-order valence-corrected chi connectivity index (χ1v) is 10.0. The van der Waals surface area contributed by atoms with Crippen molar-refractivity contribution in [3.63, 3.8) is 0 Å². The quantitative estimate of drug-likeness (QED) is 0.612. The fourth-order valence-electron chi connectivity index (χ4n) is 2.71. The number of benzene rings is 2. The topological polar surface area (TPSA) is 81.3 Å². The van der Waals surface area contributed by atoms with Gasteiger partial charge in [0.05, 0.1) is 23.4 Å². The van der Waals surface area contributed by atoms with E-state index in [2.05, 4.69) is 9.97 Å². The third-order valence-corrected chi connectivity index (χ3v) is 5.63. The molecule has 0 saturated heterocycles. The van der Waals surface area contributed by atoms with Gasteiger partial charge in [-0.3, -0.25) is 0 Å². The highest BCUT2D eigenvalue weighted by atomic mass is 32.2. The number of rotatable bonds is 8. The van der Waals surface area contributed by atoms with Gasteiger partial charge >= 0.3 is 0 Å². The van der Waals surface area contributed by atoms with Gasteiger partial charge in [0.2, 0.25) is 15.0 Å². The third kappa shape index (κ3) is 4.05. The van der Waals surface area contributed by atoms with E-state index in [0.717, 1.165) is 12.0 Å². The average Bonchev–Trinajstić information content (AvgIpc) is 3.07. The summed E-state index contributed by atoms with van der Waals surface area (Å²) < 4.78 is 36.3. The average molecular weight is 374 g/mol. The second kappa shape index (κ2) is 7.88. The van der Waals surface area contributed by atoms with Crippen LogP contribution in [0.4, 0.5) is 0 Å². The van der Waals surface area contributed by atoms with Gasteiger partial charge in [-0.2, -0.15) is 0 Å². The summed E-state index contributed by atoms with van der Waals surface area (Å²) in [5.74, 6) is 0.562. The van der Waals surface area contributed by atoms with Gasteiger partial charge in [-0.1, -0.05) is 24.3 Å². The summed E-state index contributed by atoms with van der Waals surface area (Å²) in [6.07, 6.45) is 0.775. The molecule has 6 nitrogen and oxygen atoms in total. The molecule has 0 atom stereocenters. The van der Waals surface area contributed by atoms with Crippen molar-refractivity contribution >= 4 is 20.9 Å². The summed E-state index contributed by atoms with van der Waals surface area (Å²) in [4.78, 5) is 7.11. The van der Waals surface area contributed by atoms with E-state index in [9.17, 15) is 8.42 Å². The molecule has 0 saturated carbocycles. The Balaban J connectivity index is 1.81. The molecular weight excluding hydrogens is 352 g/mol.